The van der Waals surface area contributed by atoms with E-state index in [-0.39, 0.29) is 15.5 Å². The highest BCUT2D eigenvalue weighted by Crippen LogP contribution is 2.31. The fourth-order valence-electron chi connectivity index (χ4n) is 2.34. The number of sulfonamides is 1. The smallest absolute Gasteiger partial charge is 0.259 e. The Labute approximate surface area is 176 Å². The Balaban J connectivity index is 1.87. The molecule has 0 fully saturated rings. The molecule has 1 amide bonds. The van der Waals surface area contributed by atoms with Crippen molar-refractivity contribution in [3.8, 4) is 11.3 Å². The van der Waals surface area contributed by atoms with Crippen LogP contribution in [0.25, 0.3) is 11.3 Å². The van der Waals surface area contributed by atoms with E-state index < -0.39 is 15.9 Å². The van der Waals surface area contributed by atoms with Crippen molar-refractivity contribution in [3.05, 3.63) is 63.5 Å². The molecule has 3 rings (SSSR count). The van der Waals surface area contributed by atoms with Crippen LogP contribution in [0.4, 0.5) is 5.13 Å². The summed E-state index contributed by atoms with van der Waals surface area (Å²) < 4.78 is 25.7. The molecule has 0 saturated carbocycles. The maximum atomic E-state index is 12.6. The first-order chi connectivity index (χ1) is 13.2. The van der Waals surface area contributed by atoms with Gasteiger partial charge in [-0.1, -0.05) is 41.4 Å². The van der Waals surface area contributed by atoms with E-state index in [2.05, 4.69) is 10.3 Å². The van der Waals surface area contributed by atoms with Gasteiger partial charge in [0, 0.05) is 30.1 Å². The predicted molar refractivity (Wildman–Crippen MR) is 113 cm³/mol. The van der Waals surface area contributed by atoms with Crippen molar-refractivity contribution < 1.29 is 13.2 Å². The topological polar surface area (TPSA) is 79.4 Å². The SMILES string of the molecule is CN(C)S(=O)(=O)c1ccc(Cl)c(C(=O)Nc2nc(-c3ccccc3Cl)cs2)c1. The molecule has 2 aromatic carbocycles. The molecule has 0 unspecified atom stereocenters. The lowest BCUT2D eigenvalue weighted by Crippen LogP contribution is -2.23. The molecule has 0 aliphatic heterocycles. The van der Waals surface area contributed by atoms with Crippen molar-refractivity contribution in [1.29, 1.82) is 0 Å². The molecule has 1 heterocycles. The van der Waals surface area contributed by atoms with Gasteiger partial charge in [0.25, 0.3) is 5.91 Å². The molecule has 28 heavy (non-hydrogen) atoms. The maximum Gasteiger partial charge on any atom is 0.259 e. The zero-order chi connectivity index (χ0) is 20.5. The van der Waals surface area contributed by atoms with Crippen LogP contribution < -0.4 is 5.32 Å². The number of carbonyl (C=O) groups is 1. The lowest BCUT2D eigenvalue weighted by Gasteiger charge is -2.13. The zero-order valence-electron chi connectivity index (χ0n) is 14.8. The quantitative estimate of drug-likeness (QED) is 0.608. The number of halogens is 2. The van der Waals surface area contributed by atoms with Crippen LogP contribution in [0.5, 0.6) is 0 Å². The highest BCUT2D eigenvalue weighted by molar-refractivity contribution is 7.89. The Morgan fingerprint density at radius 3 is 2.50 bits per heavy atom. The minimum absolute atomic E-state index is 0.0251. The van der Waals surface area contributed by atoms with Gasteiger partial charge in [-0.2, -0.15) is 0 Å². The maximum absolute atomic E-state index is 12.6. The number of aromatic nitrogens is 1. The van der Waals surface area contributed by atoms with E-state index in [1.54, 1.807) is 11.4 Å². The van der Waals surface area contributed by atoms with Crippen molar-refractivity contribution in [2.75, 3.05) is 19.4 Å². The number of nitrogens with zero attached hydrogens (tertiary/aromatic N) is 2. The molecular formula is C18H15Cl2N3O3S2. The minimum atomic E-state index is -3.69. The van der Waals surface area contributed by atoms with Crippen LogP contribution in [-0.2, 0) is 10.0 Å². The molecule has 146 valence electrons. The number of nitrogens with one attached hydrogen (secondary N) is 1. The third-order valence-corrected chi connectivity index (χ3v) is 7.06. The van der Waals surface area contributed by atoms with Crippen LogP contribution in [-0.4, -0.2) is 37.7 Å². The Morgan fingerprint density at radius 2 is 1.82 bits per heavy atom. The minimum Gasteiger partial charge on any atom is -0.298 e. The Morgan fingerprint density at radius 1 is 1.11 bits per heavy atom. The summed E-state index contributed by atoms with van der Waals surface area (Å²) in [5, 5.41) is 5.45. The van der Waals surface area contributed by atoms with Crippen LogP contribution in [0.1, 0.15) is 10.4 Å². The molecule has 1 aromatic heterocycles. The molecule has 10 heteroatoms. The van der Waals surface area contributed by atoms with Gasteiger partial charge in [0.2, 0.25) is 10.0 Å². The molecule has 1 N–H and O–H groups in total. The molecular weight excluding hydrogens is 441 g/mol. The van der Waals surface area contributed by atoms with Gasteiger partial charge in [0.15, 0.2) is 5.13 Å². The summed E-state index contributed by atoms with van der Waals surface area (Å²) in [4.78, 5) is 17.0. The first-order valence-corrected chi connectivity index (χ1v) is 11.0. The van der Waals surface area contributed by atoms with Crippen LogP contribution >= 0.6 is 34.5 Å². The molecule has 0 aliphatic rings. The highest BCUT2D eigenvalue weighted by Gasteiger charge is 2.21. The van der Waals surface area contributed by atoms with E-state index in [9.17, 15) is 13.2 Å². The number of anilines is 1. The van der Waals surface area contributed by atoms with Gasteiger partial charge in [0.1, 0.15) is 0 Å². The number of hydrogen-bond acceptors (Lipinski definition) is 5. The fraction of sp³-hybridized carbons (Fsp3) is 0.111. The number of rotatable bonds is 5. The van der Waals surface area contributed by atoms with Crippen LogP contribution in [0.2, 0.25) is 10.0 Å². The van der Waals surface area contributed by atoms with Crippen molar-refractivity contribution in [1.82, 2.24) is 9.29 Å². The summed E-state index contributed by atoms with van der Waals surface area (Å²) in [5.41, 5.74) is 1.41. The summed E-state index contributed by atoms with van der Waals surface area (Å²) in [6, 6.07) is 11.2. The van der Waals surface area contributed by atoms with Gasteiger partial charge < -0.3 is 0 Å². The lowest BCUT2D eigenvalue weighted by atomic mass is 10.2. The third kappa shape index (κ3) is 4.21. The Hall–Kier alpha value is -1.97. The predicted octanol–water partition coefficient (Wildman–Crippen LogP) is 4.62. The van der Waals surface area contributed by atoms with Crippen molar-refractivity contribution in [2.24, 2.45) is 0 Å². The van der Waals surface area contributed by atoms with E-state index in [1.807, 2.05) is 18.2 Å². The second-order valence-corrected chi connectivity index (χ2v) is 9.73. The molecule has 0 radical (unpaired) electrons. The first-order valence-electron chi connectivity index (χ1n) is 7.94. The van der Waals surface area contributed by atoms with E-state index in [0.29, 0.717) is 15.8 Å². The van der Waals surface area contributed by atoms with E-state index in [4.69, 9.17) is 23.2 Å². The second-order valence-electron chi connectivity index (χ2n) is 5.90. The monoisotopic (exact) mass is 455 g/mol. The summed E-state index contributed by atoms with van der Waals surface area (Å²) in [5.74, 6) is -0.555. The number of carbonyl (C=O) groups excluding carboxylic acids is 1. The average Bonchev–Trinajstić information content (AvgIpc) is 3.10. The summed E-state index contributed by atoms with van der Waals surface area (Å²) >= 11 is 13.5. The first kappa shape index (κ1) is 20.8. The van der Waals surface area contributed by atoms with E-state index >= 15 is 0 Å². The molecule has 3 aromatic rings. The Kier molecular flexibility index (Phi) is 6.07. The molecule has 0 spiro atoms. The van der Waals surface area contributed by atoms with Gasteiger partial charge in [-0.3, -0.25) is 10.1 Å². The van der Waals surface area contributed by atoms with Crippen molar-refractivity contribution >= 4 is 55.6 Å². The molecule has 0 bridgehead atoms. The largest absolute Gasteiger partial charge is 0.298 e. The molecule has 0 aliphatic carbocycles. The van der Waals surface area contributed by atoms with Gasteiger partial charge in [-0.25, -0.2) is 17.7 Å². The number of thiazole rings is 1. The fourth-order valence-corrected chi connectivity index (χ4v) is 4.41. The molecule has 0 atom stereocenters. The van der Waals surface area contributed by atoms with Gasteiger partial charge in [0.05, 0.1) is 21.2 Å². The van der Waals surface area contributed by atoms with E-state index in [0.717, 1.165) is 9.87 Å². The highest BCUT2D eigenvalue weighted by atomic mass is 35.5. The van der Waals surface area contributed by atoms with Gasteiger partial charge in [-0.05, 0) is 24.3 Å². The third-order valence-electron chi connectivity index (χ3n) is 3.84. The Bertz CT molecular complexity index is 1140. The number of hydrogen-bond donors (Lipinski definition) is 1. The summed E-state index contributed by atoms with van der Waals surface area (Å²) in [7, 11) is -0.868. The number of benzene rings is 2. The average molecular weight is 456 g/mol. The number of amides is 1. The second kappa shape index (κ2) is 8.18. The van der Waals surface area contributed by atoms with Gasteiger partial charge >= 0.3 is 0 Å². The molecule has 0 saturated heterocycles. The van der Waals surface area contributed by atoms with E-state index in [1.165, 1.54) is 43.6 Å². The van der Waals surface area contributed by atoms with Crippen LogP contribution in [0.3, 0.4) is 0 Å². The van der Waals surface area contributed by atoms with Crippen molar-refractivity contribution in [3.63, 3.8) is 0 Å². The zero-order valence-corrected chi connectivity index (χ0v) is 18.0. The van der Waals surface area contributed by atoms with Crippen LogP contribution in [0.15, 0.2) is 52.7 Å². The van der Waals surface area contributed by atoms with Crippen LogP contribution in [0, 0.1) is 0 Å². The summed E-state index contributed by atoms with van der Waals surface area (Å²) in [6.45, 7) is 0. The summed E-state index contributed by atoms with van der Waals surface area (Å²) in [6.07, 6.45) is 0. The van der Waals surface area contributed by atoms with Crippen molar-refractivity contribution in [2.45, 2.75) is 4.90 Å². The molecule has 6 nitrogen and oxygen atoms in total. The lowest BCUT2D eigenvalue weighted by molar-refractivity contribution is 0.102. The normalized spacial score (nSPS) is 11.6. The standard InChI is InChI=1S/C18H15Cl2N3O3S2/c1-23(2)28(25,26)11-7-8-15(20)13(9-11)17(24)22-18-21-16(10-27-18)12-5-3-4-6-14(12)19/h3-10H,1-2H3,(H,21,22,24). The van der Waals surface area contributed by atoms with Gasteiger partial charge in [-0.15, -0.1) is 11.3 Å².